The first kappa shape index (κ1) is 52.5. The number of quaternary nitrogens is 1. The molecule has 1 unspecified atom stereocenters. The number of allylic oxidation sites excluding steroid dienone is 3. The first-order chi connectivity index (χ1) is 26.8. The minimum atomic E-state index is -4.36. The number of rotatable bonds is 36. The number of nitrogens with zero attached hydrogens (tertiary/aromatic N) is 1. The fraction of sp³-hybridized carbons (Fsp3) is 0.841. The number of likely N-dealkylation sites (N-methyl/N-ethyl adjacent to an activating group) is 1. The first-order valence-corrected chi connectivity index (χ1v) is 23.5. The van der Waals surface area contributed by atoms with Gasteiger partial charge in [0.2, 0.25) is 0 Å². The number of unbranched alkanes of at least 4 members (excludes halogenated alkanes) is 15. The van der Waals surface area contributed by atoms with Gasteiger partial charge in [-0.1, -0.05) is 128 Å². The molecule has 7 atom stereocenters. The average Bonchev–Trinajstić information content (AvgIpc) is 3.40. The maximum absolute atomic E-state index is 12.8. The van der Waals surface area contributed by atoms with Crippen molar-refractivity contribution in [3.63, 3.8) is 0 Å². The quantitative estimate of drug-likeness (QED) is 0.0120. The molecular weight excluding hydrogens is 733 g/mol. The molecule has 0 aliphatic heterocycles. The fourth-order valence-electron chi connectivity index (χ4n) is 6.81. The Kier molecular flexibility index (Phi) is 30.3. The van der Waals surface area contributed by atoms with Crippen LogP contribution in [0.3, 0.4) is 0 Å². The van der Waals surface area contributed by atoms with Crippen LogP contribution in [0.15, 0.2) is 36.6 Å². The Labute approximate surface area is 341 Å². The SMILES string of the molecule is CCCCCCCCCCCCCC/C=C/OC[C@H](COP(=O)(O)OCC[N+](C)(C)C)OC(=O)CCC/C=C/C[C@@H]1[C@@H](/C=C/[C@@H](O)CCCCC)[C@H](O)C[C@@H]1O. The molecule has 0 heterocycles. The topological polar surface area (TPSA) is 152 Å². The zero-order valence-electron chi connectivity index (χ0n) is 35.9. The Morgan fingerprint density at radius 2 is 1.39 bits per heavy atom. The monoisotopic (exact) mass is 817 g/mol. The summed E-state index contributed by atoms with van der Waals surface area (Å²) in [4.78, 5) is 23.0. The van der Waals surface area contributed by atoms with E-state index in [9.17, 15) is 29.6 Å². The van der Waals surface area contributed by atoms with E-state index in [1.165, 1.54) is 70.6 Å². The third-order valence-electron chi connectivity index (χ3n) is 10.3. The predicted molar refractivity (Wildman–Crippen MR) is 226 cm³/mol. The molecule has 12 heteroatoms. The average molecular weight is 817 g/mol. The van der Waals surface area contributed by atoms with Crippen molar-refractivity contribution >= 4 is 13.8 Å². The minimum absolute atomic E-state index is 0.0274. The Hall–Kier alpha value is -1.56. The molecule has 0 aromatic heterocycles. The van der Waals surface area contributed by atoms with E-state index in [-0.39, 0.29) is 38.1 Å². The van der Waals surface area contributed by atoms with Crippen molar-refractivity contribution in [1.82, 2.24) is 0 Å². The summed E-state index contributed by atoms with van der Waals surface area (Å²) >= 11 is 0. The standard InChI is InChI=1S/C44H82NO10P/c1-6-8-10-11-12-13-14-15-16-17-18-19-22-26-33-52-36-39(37-54-56(50,51)53-34-32-45(3,4)5)55-44(49)29-25-21-20-24-28-40-41(43(48)35-42(40)47)31-30-38(46)27-23-9-7-2/h20,24,26,30-31,33,38-43,46-48H,6-19,21-23,25,27-29,32,34-37H2,1-5H3/p+1/b24-20+,31-30+,33-26+/t38-,39+,40+,41+,42-,43+/m0/s1. The van der Waals surface area contributed by atoms with Crippen LogP contribution < -0.4 is 0 Å². The summed E-state index contributed by atoms with van der Waals surface area (Å²) in [6.45, 7) is 4.54. The lowest BCUT2D eigenvalue weighted by atomic mass is 9.89. The molecule has 0 saturated heterocycles. The van der Waals surface area contributed by atoms with Gasteiger partial charge in [0.25, 0.3) is 0 Å². The van der Waals surface area contributed by atoms with Crippen molar-refractivity contribution in [1.29, 1.82) is 0 Å². The van der Waals surface area contributed by atoms with Crippen molar-refractivity contribution in [2.75, 3.05) is 47.5 Å². The van der Waals surface area contributed by atoms with Crippen molar-refractivity contribution < 1.29 is 52.6 Å². The Bertz CT molecular complexity index is 1110. The second kappa shape index (κ2) is 32.3. The number of phosphoric ester groups is 1. The number of ether oxygens (including phenoxy) is 2. The molecule has 0 aromatic rings. The van der Waals surface area contributed by atoms with Gasteiger partial charge in [-0.3, -0.25) is 13.8 Å². The number of carbonyl (C=O) groups is 1. The van der Waals surface area contributed by atoms with Gasteiger partial charge in [0.1, 0.15) is 19.8 Å². The third kappa shape index (κ3) is 28.8. The molecule has 1 fully saturated rings. The molecule has 0 aromatic carbocycles. The molecule has 56 heavy (non-hydrogen) atoms. The van der Waals surface area contributed by atoms with Gasteiger partial charge in [-0.2, -0.15) is 0 Å². The Morgan fingerprint density at radius 3 is 2.04 bits per heavy atom. The van der Waals surface area contributed by atoms with E-state index in [4.69, 9.17) is 18.5 Å². The van der Waals surface area contributed by atoms with Crippen LogP contribution in [-0.2, 0) is 27.9 Å². The molecule has 11 nitrogen and oxygen atoms in total. The van der Waals surface area contributed by atoms with Gasteiger partial charge in [-0.25, -0.2) is 4.57 Å². The summed E-state index contributed by atoms with van der Waals surface area (Å²) in [5, 5.41) is 31.4. The Balaban J connectivity index is 2.50. The third-order valence-corrected chi connectivity index (χ3v) is 11.3. The molecule has 328 valence electrons. The van der Waals surface area contributed by atoms with Gasteiger partial charge in [0.15, 0.2) is 6.10 Å². The van der Waals surface area contributed by atoms with Crippen molar-refractivity contribution in [2.24, 2.45) is 11.8 Å². The zero-order chi connectivity index (χ0) is 41.5. The van der Waals surface area contributed by atoms with Crippen molar-refractivity contribution in [3.05, 3.63) is 36.6 Å². The summed E-state index contributed by atoms with van der Waals surface area (Å²) in [6, 6.07) is 0. The second-order valence-corrected chi connectivity index (χ2v) is 18.2. The lowest BCUT2D eigenvalue weighted by molar-refractivity contribution is -0.870. The van der Waals surface area contributed by atoms with Crippen LogP contribution >= 0.6 is 7.82 Å². The predicted octanol–water partition coefficient (Wildman–Crippen LogP) is 9.33. The Morgan fingerprint density at radius 1 is 0.786 bits per heavy atom. The molecule has 4 N–H and O–H groups in total. The lowest BCUT2D eigenvalue weighted by Gasteiger charge is -2.24. The highest BCUT2D eigenvalue weighted by Gasteiger charge is 2.39. The van der Waals surface area contributed by atoms with Gasteiger partial charge in [-0.05, 0) is 50.5 Å². The lowest BCUT2D eigenvalue weighted by Crippen LogP contribution is -2.37. The maximum Gasteiger partial charge on any atom is 0.472 e. The molecule has 1 aliphatic carbocycles. The van der Waals surface area contributed by atoms with E-state index in [2.05, 4.69) is 13.8 Å². The van der Waals surface area contributed by atoms with Crippen LogP contribution in [0.25, 0.3) is 0 Å². The van der Waals surface area contributed by atoms with Gasteiger partial charge >= 0.3 is 13.8 Å². The molecule has 0 amide bonds. The summed E-state index contributed by atoms with van der Waals surface area (Å²) in [5.41, 5.74) is 0. The molecular formula is C44H83NO10P+. The molecule has 1 saturated carbocycles. The van der Waals surface area contributed by atoms with Crippen LogP contribution in [0.4, 0.5) is 0 Å². The molecule has 0 radical (unpaired) electrons. The van der Waals surface area contributed by atoms with Crippen LogP contribution in [-0.4, -0.2) is 103 Å². The highest BCUT2D eigenvalue weighted by Crippen LogP contribution is 2.43. The number of esters is 1. The number of aliphatic hydroxyl groups is 3. The summed E-state index contributed by atoms with van der Waals surface area (Å²) < 4.78 is 34.7. The number of hydrogen-bond acceptors (Lipinski definition) is 9. The van der Waals surface area contributed by atoms with Crippen LogP contribution in [0.2, 0.25) is 0 Å². The van der Waals surface area contributed by atoms with Crippen LogP contribution in [0.1, 0.15) is 155 Å². The van der Waals surface area contributed by atoms with E-state index in [0.717, 1.165) is 32.1 Å². The van der Waals surface area contributed by atoms with E-state index >= 15 is 0 Å². The van der Waals surface area contributed by atoms with E-state index in [1.807, 2.05) is 45.4 Å². The molecule has 1 aliphatic rings. The largest absolute Gasteiger partial charge is 0.498 e. The zero-order valence-corrected chi connectivity index (χ0v) is 36.8. The minimum Gasteiger partial charge on any atom is -0.498 e. The number of hydrogen-bond donors (Lipinski definition) is 4. The molecule has 0 spiro atoms. The summed E-state index contributed by atoms with van der Waals surface area (Å²) in [7, 11) is 1.49. The van der Waals surface area contributed by atoms with Gasteiger partial charge in [-0.15, -0.1) is 0 Å². The van der Waals surface area contributed by atoms with Crippen LogP contribution in [0, 0.1) is 11.8 Å². The van der Waals surface area contributed by atoms with E-state index < -0.39 is 38.2 Å². The normalized spacial score (nSPS) is 21.3. The first-order valence-electron chi connectivity index (χ1n) is 22.0. The summed E-state index contributed by atoms with van der Waals surface area (Å²) in [5.74, 6) is -0.844. The van der Waals surface area contributed by atoms with E-state index in [1.54, 1.807) is 12.3 Å². The number of aliphatic hydroxyl groups excluding tert-OH is 3. The van der Waals surface area contributed by atoms with E-state index in [0.29, 0.717) is 43.1 Å². The summed E-state index contributed by atoms with van der Waals surface area (Å²) in [6.07, 6.45) is 30.8. The van der Waals surface area contributed by atoms with Crippen molar-refractivity contribution in [2.45, 2.75) is 180 Å². The number of carbonyl (C=O) groups excluding carboxylic acids is 1. The maximum atomic E-state index is 12.8. The fourth-order valence-corrected chi connectivity index (χ4v) is 7.55. The highest BCUT2D eigenvalue weighted by molar-refractivity contribution is 7.47. The smallest absolute Gasteiger partial charge is 0.472 e. The van der Waals surface area contributed by atoms with Gasteiger partial charge < -0.3 is 34.2 Å². The molecule has 1 rings (SSSR count). The van der Waals surface area contributed by atoms with Crippen molar-refractivity contribution in [3.8, 4) is 0 Å². The van der Waals surface area contributed by atoms with Crippen LogP contribution in [0.5, 0.6) is 0 Å². The second-order valence-electron chi connectivity index (χ2n) is 16.8. The highest BCUT2D eigenvalue weighted by atomic mass is 31.2. The molecule has 0 bridgehead atoms. The van der Waals surface area contributed by atoms with Gasteiger partial charge in [0.05, 0.1) is 52.3 Å². The van der Waals surface area contributed by atoms with Gasteiger partial charge in [0, 0.05) is 18.8 Å². The number of phosphoric acid groups is 1.